The van der Waals surface area contributed by atoms with E-state index in [1.54, 1.807) is 0 Å². The van der Waals surface area contributed by atoms with Crippen LogP contribution in [0, 0.1) is 5.92 Å². The Kier molecular flexibility index (Phi) is 5.24. The molecule has 3 nitrogen and oxygen atoms in total. The van der Waals surface area contributed by atoms with Crippen LogP contribution in [0.5, 0.6) is 0 Å². The van der Waals surface area contributed by atoms with Crippen molar-refractivity contribution in [3.8, 4) is 0 Å². The van der Waals surface area contributed by atoms with E-state index in [4.69, 9.17) is 0 Å². The Morgan fingerprint density at radius 1 is 1.41 bits per heavy atom. The van der Waals surface area contributed by atoms with Crippen molar-refractivity contribution < 1.29 is 18.0 Å². The Morgan fingerprint density at radius 2 is 2.12 bits per heavy atom. The number of alkyl halides is 3. The van der Waals surface area contributed by atoms with E-state index in [2.05, 4.69) is 10.6 Å². The number of amides is 1. The smallest absolute Gasteiger partial charge is 0.356 e. The first-order valence-corrected chi connectivity index (χ1v) is 5.98. The van der Waals surface area contributed by atoms with Crippen LogP contribution in [-0.2, 0) is 4.79 Å². The molecule has 0 aliphatic carbocycles. The molecule has 6 heteroatoms. The summed E-state index contributed by atoms with van der Waals surface area (Å²) in [5.74, 6) is -0.0906. The number of carbonyl (C=O) groups is 1. The molecule has 0 aromatic heterocycles. The quantitative estimate of drug-likeness (QED) is 0.733. The minimum atomic E-state index is -4.09. The van der Waals surface area contributed by atoms with E-state index in [0.717, 1.165) is 13.0 Å². The molecular formula is C11H19F3N2O. The highest BCUT2D eigenvalue weighted by molar-refractivity contribution is 5.79. The third-order valence-corrected chi connectivity index (χ3v) is 3.05. The third kappa shape index (κ3) is 5.39. The maximum Gasteiger partial charge on any atom is 0.389 e. The van der Waals surface area contributed by atoms with Gasteiger partial charge in [-0.25, -0.2) is 0 Å². The van der Waals surface area contributed by atoms with Crippen molar-refractivity contribution >= 4 is 5.91 Å². The summed E-state index contributed by atoms with van der Waals surface area (Å²) in [6.45, 7) is 3.10. The minimum absolute atomic E-state index is 0.0439. The Morgan fingerprint density at radius 3 is 2.65 bits per heavy atom. The van der Waals surface area contributed by atoms with E-state index >= 15 is 0 Å². The lowest BCUT2D eigenvalue weighted by Crippen LogP contribution is -2.37. The largest absolute Gasteiger partial charge is 0.389 e. The summed E-state index contributed by atoms with van der Waals surface area (Å²) in [6, 6.07) is 0.158. The lowest BCUT2D eigenvalue weighted by atomic mass is 10.0. The van der Waals surface area contributed by atoms with Crippen molar-refractivity contribution in [1.29, 1.82) is 0 Å². The van der Waals surface area contributed by atoms with Crippen molar-refractivity contribution in [1.82, 2.24) is 10.6 Å². The number of unbranched alkanes of at least 4 members (excludes halogenated alkanes) is 1. The van der Waals surface area contributed by atoms with Crippen LogP contribution in [0.25, 0.3) is 0 Å². The molecule has 0 radical (unpaired) electrons. The summed E-state index contributed by atoms with van der Waals surface area (Å²) in [5, 5.41) is 5.86. The number of hydrogen-bond acceptors (Lipinski definition) is 2. The summed E-state index contributed by atoms with van der Waals surface area (Å²) in [7, 11) is 0. The molecule has 2 N–H and O–H groups in total. The van der Waals surface area contributed by atoms with Gasteiger partial charge in [0.25, 0.3) is 0 Å². The molecule has 1 aliphatic rings. The molecular weight excluding hydrogens is 233 g/mol. The zero-order valence-electron chi connectivity index (χ0n) is 9.94. The first kappa shape index (κ1) is 14.3. The summed E-state index contributed by atoms with van der Waals surface area (Å²) >= 11 is 0. The molecule has 100 valence electrons. The van der Waals surface area contributed by atoms with Crippen LogP contribution in [0.4, 0.5) is 13.2 Å². The Bertz CT molecular complexity index is 256. The van der Waals surface area contributed by atoms with Gasteiger partial charge in [-0.05, 0) is 32.7 Å². The summed E-state index contributed by atoms with van der Waals surface area (Å²) < 4.78 is 35.5. The fraction of sp³-hybridized carbons (Fsp3) is 0.909. The maximum atomic E-state index is 11.8. The first-order chi connectivity index (χ1) is 7.90. The van der Waals surface area contributed by atoms with Crippen molar-refractivity contribution in [2.75, 3.05) is 13.1 Å². The van der Waals surface area contributed by atoms with Gasteiger partial charge in [-0.1, -0.05) is 0 Å². The van der Waals surface area contributed by atoms with Crippen LogP contribution in [0.3, 0.4) is 0 Å². The first-order valence-electron chi connectivity index (χ1n) is 5.98. The van der Waals surface area contributed by atoms with Gasteiger partial charge in [0.1, 0.15) is 0 Å². The number of hydrogen-bond donors (Lipinski definition) is 2. The maximum absolute atomic E-state index is 11.8. The van der Waals surface area contributed by atoms with E-state index in [0.29, 0.717) is 13.0 Å². The zero-order valence-corrected chi connectivity index (χ0v) is 9.94. The SMILES string of the molecule is CC1NCCC1C(=O)NCCCCC(F)(F)F. The van der Waals surface area contributed by atoms with Gasteiger partial charge in [0.05, 0.1) is 5.92 Å². The van der Waals surface area contributed by atoms with Crippen LogP contribution in [-0.4, -0.2) is 31.2 Å². The number of rotatable bonds is 5. The Hall–Kier alpha value is -0.780. The molecule has 0 aromatic rings. The van der Waals surface area contributed by atoms with Gasteiger partial charge in [0.15, 0.2) is 0 Å². The average molecular weight is 252 g/mol. The van der Waals surface area contributed by atoms with Crippen molar-refractivity contribution in [3.63, 3.8) is 0 Å². The van der Waals surface area contributed by atoms with Gasteiger partial charge in [0.2, 0.25) is 5.91 Å². The monoisotopic (exact) mass is 252 g/mol. The topological polar surface area (TPSA) is 41.1 Å². The van der Waals surface area contributed by atoms with Crippen molar-refractivity contribution in [2.45, 2.75) is 44.8 Å². The van der Waals surface area contributed by atoms with Gasteiger partial charge >= 0.3 is 6.18 Å². The van der Waals surface area contributed by atoms with Crippen molar-refractivity contribution in [3.05, 3.63) is 0 Å². The normalized spacial score (nSPS) is 24.9. The molecule has 2 atom stereocenters. The van der Waals surface area contributed by atoms with E-state index < -0.39 is 12.6 Å². The third-order valence-electron chi connectivity index (χ3n) is 3.05. The number of halogens is 3. The number of nitrogens with one attached hydrogen (secondary N) is 2. The Balaban J connectivity index is 2.08. The molecule has 0 aromatic carbocycles. The van der Waals surface area contributed by atoms with E-state index in [1.807, 2.05) is 6.92 Å². The molecule has 0 spiro atoms. The minimum Gasteiger partial charge on any atom is -0.356 e. The molecule has 1 heterocycles. The van der Waals surface area contributed by atoms with Crippen LogP contribution >= 0.6 is 0 Å². The van der Waals surface area contributed by atoms with Crippen LogP contribution in [0.2, 0.25) is 0 Å². The molecule has 1 amide bonds. The number of carbonyl (C=O) groups excluding carboxylic acids is 1. The van der Waals surface area contributed by atoms with E-state index in [-0.39, 0.29) is 24.3 Å². The summed E-state index contributed by atoms with van der Waals surface area (Å²) in [6.07, 6.45) is -3.62. The molecule has 1 rings (SSSR count). The summed E-state index contributed by atoms with van der Waals surface area (Å²) in [4.78, 5) is 11.6. The predicted molar refractivity (Wildman–Crippen MR) is 58.5 cm³/mol. The van der Waals surface area contributed by atoms with Crippen LogP contribution in [0.1, 0.15) is 32.6 Å². The van der Waals surface area contributed by atoms with E-state index in [1.165, 1.54) is 0 Å². The fourth-order valence-electron chi connectivity index (χ4n) is 2.01. The standard InChI is InChI=1S/C11H19F3N2O/c1-8-9(4-7-15-8)10(17)16-6-3-2-5-11(12,13)14/h8-9,15H,2-7H2,1H3,(H,16,17). The second kappa shape index (κ2) is 6.23. The molecule has 1 fully saturated rings. The molecule has 0 bridgehead atoms. The van der Waals surface area contributed by atoms with Crippen LogP contribution < -0.4 is 10.6 Å². The molecule has 0 saturated carbocycles. The fourth-order valence-corrected chi connectivity index (χ4v) is 2.01. The van der Waals surface area contributed by atoms with E-state index in [9.17, 15) is 18.0 Å². The molecule has 1 saturated heterocycles. The second-order valence-corrected chi connectivity index (χ2v) is 4.50. The highest BCUT2D eigenvalue weighted by atomic mass is 19.4. The highest BCUT2D eigenvalue weighted by Gasteiger charge is 2.29. The van der Waals surface area contributed by atoms with Crippen molar-refractivity contribution in [2.24, 2.45) is 5.92 Å². The summed E-state index contributed by atoms with van der Waals surface area (Å²) in [5.41, 5.74) is 0. The van der Waals surface area contributed by atoms with Gasteiger partial charge in [-0.15, -0.1) is 0 Å². The van der Waals surface area contributed by atoms with Gasteiger partial charge < -0.3 is 10.6 Å². The molecule has 1 aliphatic heterocycles. The molecule has 2 unspecified atom stereocenters. The highest BCUT2D eigenvalue weighted by Crippen LogP contribution is 2.22. The van der Waals surface area contributed by atoms with Crippen LogP contribution in [0.15, 0.2) is 0 Å². The van der Waals surface area contributed by atoms with Gasteiger partial charge in [-0.2, -0.15) is 13.2 Å². The lowest BCUT2D eigenvalue weighted by molar-refractivity contribution is -0.135. The zero-order chi connectivity index (χ0) is 12.9. The Labute approximate surface area is 99.1 Å². The average Bonchev–Trinajstić information content (AvgIpc) is 2.62. The second-order valence-electron chi connectivity index (χ2n) is 4.50. The lowest BCUT2D eigenvalue weighted by Gasteiger charge is -2.14. The predicted octanol–water partition coefficient (Wildman–Crippen LogP) is 1.83. The van der Waals surface area contributed by atoms with Gasteiger partial charge in [0, 0.05) is 19.0 Å². The van der Waals surface area contributed by atoms with Gasteiger partial charge in [-0.3, -0.25) is 4.79 Å². The molecule has 17 heavy (non-hydrogen) atoms.